The van der Waals surface area contributed by atoms with Gasteiger partial charge in [-0.05, 0) is 74.2 Å². The molecule has 1 N–H and O–H groups in total. The smallest absolute Gasteiger partial charge is 0.264 e. The number of nitrogens with zero attached hydrogens (tertiary/aromatic N) is 2. The monoisotopic (exact) mass is 569 g/mol. The summed E-state index contributed by atoms with van der Waals surface area (Å²) in [5.41, 5.74) is 2.78. The second kappa shape index (κ2) is 13.6. The first-order chi connectivity index (χ1) is 18.6. The molecule has 0 aliphatic rings. The number of hydrogen-bond acceptors (Lipinski definition) is 4. The lowest BCUT2D eigenvalue weighted by Crippen LogP contribution is -2.51. The van der Waals surface area contributed by atoms with Crippen LogP contribution in [0.15, 0.2) is 77.7 Å². The van der Waals surface area contributed by atoms with Crippen LogP contribution < -0.4 is 9.62 Å². The summed E-state index contributed by atoms with van der Waals surface area (Å²) in [6.45, 7) is 7.51. The molecule has 0 bridgehead atoms. The number of rotatable bonds is 12. The number of carbonyl (C=O) groups is 2. The molecule has 0 aliphatic heterocycles. The highest BCUT2D eigenvalue weighted by atomic mass is 35.5. The summed E-state index contributed by atoms with van der Waals surface area (Å²) in [5, 5.41) is 3.39. The van der Waals surface area contributed by atoms with Gasteiger partial charge in [0.2, 0.25) is 11.8 Å². The van der Waals surface area contributed by atoms with E-state index >= 15 is 0 Å². The Balaban J connectivity index is 2.03. The van der Waals surface area contributed by atoms with E-state index in [1.165, 1.54) is 17.0 Å². The van der Waals surface area contributed by atoms with Gasteiger partial charge in [-0.25, -0.2) is 8.42 Å². The number of amides is 2. The molecule has 0 aromatic heterocycles. The van der Waals surface area contributed by atoms with Gasteiger partial charge in [0.15, 0.2) is 0 Å². The maximum absolute atomic E-state index is 14.0. The van der Waals surface area contributed by atoms with Gasteiger partial charge in [0.25, 0.3) is 10.0 Å². The number of unbranched alkanes of at least 4 members (excludes halogenated alkanes) is 1. The number of benzene rings is 3. The molecule has 0 fully saturated rings. The summed E-state index contributed by atoms with van der Waals surface area (Å²) in [4.78, 5) is 28.5. The molecule has 3 aromatic rings. The minimum atomic E-state index is -4.10. The number of hydrogen-bond donors (Lipinski definition) is 1. The Morgan fingerprint density at radius 3 is 2.33 bits per heavy atom. The van der Waals surface area contributed by atoms with Crippen LogP contribution >= 0.6 is 11.6 Å². The van der Waals surface area contributed by atoms with Crippen LogP contribution in [-0.2, 0) is 26.2 Å². The van der Waals surface area contributed by atoms with Crippen molar-refractivity contribution >= 4 is 39.1 Å². The Labute approximate surface area is 236 Å². The van der Waals surface area contributed by atoms with Gasteiger partial charge in [0.1, 0.15) is 12.6 Å². The van der Waals surface area contributed by atoms with Crippen LogP contribution in [0, 0.1) is 13.8 Å². The van der Waals surface area contributed by atoms with Crippen LogP contribution in [-0.4, -0.2) is 44.3 Å². The Morgan fingerprint density at radius 1 is 0.974 bits per heavy atom. The van der Waals surface area contributed by atoms with E-state index < -0.39 is 28.5 Å². The fraction of sp³-hybridized carbons (Fsp3) is 0.333. The first-order valence-electron chi connectivity index (χ1n) is 13.0. The van der Waals surface area contributed by atoms with Crippen molar-refractivity contribution in [3.05, 3.63) is 94.5 Å². The van der Waals surface area contributed by atoms with E-state index in [0.717, 1.165) is 33.8 Å². The molecule has 208 valence electrons. The van der Waals surface area contributed by atoms with E-state index in [1.54, 1.807) is 55.5 Å². The van der Waals surface area contributed by atoms with Crippen molar-refractivity contribution in [3.8, 4) is 0 Å². The maximum atomic E-state index is 14.0. The normalized spacial score (nSPS) is 12.0. The average Bonchev–Trinajstić information content (AvgIpc) is 2.92. The molecular weight excluding hydrogens is 534 g/mol. The third-order valence-electron chi connectivity index (χ3n) is 6.69. The Morgan fingerprint density at radius 2 is 1.67 bits per heavy atom. The van der Waals surface area contributed by atoms with E-state index in [2.05, 4.69) is 5.32 Å². The zero-order valence-electron chi connectivity index (χ0n) is 22.9. The van der Waals surface area contributed by atoms with Crippen molar-refractivity contribution in [1.82, 2.24) is 10.2 Å². The highest BCUT2D eigenvalue weighted by Gasteiger charge is 2.33. The summed E-state index contributed by atoms with van der Waals surface area (Å²) in [6.07, 6.45) is 1.73. The quantitative estimate of drug-likeness (QED) is 0.292. The highest BCUT2D eigenvalue weighted by Crippen LogP contribution is 2.29. The molecular formula is C30H36ClN3O4S. The highest BCUT2D eigenvalue weighted by molar-refractivity contribution is 7.92. The number of aryl methyl sites for hydroxylation is 1. The molecule has 3 rings (SSSR count). The van der Waals surface area contributed by atoms with Gasteiger partial charge in [0, 0.05) is 18.1 Å². The number of halogens is 1. The third kappa shape index (κ3) is 7.61. The molecule has 3 aromatic carbocycles. The lowest BCUT2D eigenvalue weighted by atomic mass is 10.1. The second-order valence-electron chi connectivity index (χ2n) is 9.52. The molecule has 0 saturated carbocycles. The Bertz CT molecular complexity index is 1400. The topological polar surface area (TPSA) is 86.8 Å². The van der Waals surface area contributed by atoms with Crippen molar-refractivity contribution in [2.24, 2.45) is 0 Å². The number of sulfonamides is 1. The first kappa shape index (κ1) is 30.2. The minimum Gasteiger partial charge on any atom is -0.354 e. The van der Waals surface area contributed by atoms with Crippen molar-refractivity contribution < 1.29 is 18.0 Å². The predicted molar refractivity (Wildman–Crippen MR) is 156 cm³/mol. The van der Waals surface area contributed by atoms with Crippen LogP contribution in [0.2, 0.25) is 5.02 Å². The van der Waals surface area contributed by atoms with Crippen LogP contribution in [0.1, 0.15) is 43.4 Å². The Kier molecular flexibility index (Phi) is 10.5. The third-order valence-corrected chi connectivity index (χ3v) is 8.70. The fourth-order valence-electron chi connectivity index (χ4n) is 4.19. The number of nitrogens with one attached hydrogen (secondary N) is 1. The minimum absolute atomic E-state index is 0.0745. The first-order valence-corrected chi connectivity index (χ1v) is 14.8. The van der Waals surface area contributed by atoms with Crippen molar-refractivity contribution in [1.29, 1.82) is 0 Å². The van der Waals surface area contributed by atoms with Crippen molar-refractivity contribution in [3.63, 3.8) is 0 Å². The van der Waals surface area contributed by atoms with Crippen molar-refractivity contribution in [2.45, 2.75) is 58.0 Å². The zero-order chi connectivity index (χ0) is 28.6. The van der Waals surface area contributed by atoms with Crippen molar-refractivity contribution in [2.75, 3.05) is 17.4 Å². The van der Waals surface area contributed by atoms with Crippen LogP contribution in [0.25, 0.3) is 0 Å². The maximum Gasteiger partial charge on any atom is 0.264 e. The van der Waals surface area contributed by atoms with Gasteiger partial charge in [-0.3, -0.25) is 13.9 Å². The van der Waals surface area contributed by atoms with E-state index in [9.17, 15) is 18.0 Å². The molecule has 0 spiro atoms. The van der Waals surface area contributed by atoms with Crippen LogP contribution in [0.4, 0.5) is 5.69 Å². The summed E-state index contributed by atoms with van der Waals surface area (Å²) < 4.78 is 28.9. The molecule has 0 heterocycles. The van der Waals surface area contributed by atoms with E-state index in [0.29, 0.717) is 17.3 Å². The zero-order valence-corrected chi connectivity index (χ0v) is 24.4. The Hall–Kier alpha value is -3.36. The van der Waals surface area contributed by atoms with Gasteiger partial charge < -0.3 is 10.2 Å². The number of carbonyl (C=O) groups excluding carboxylic acids is 2. The van der Waals surface area contributed by atoms with Gasteiger partial charge in [-0.15, -0.1) is 0 Å². The molecule has 0 saturated heterocycles. The van der Waals surface area contributed by atoms with Gasteiger partial charge in [0.05, 0.1) is 10.6 Å². The largest absolute Gasteiger partial charge is 0.354 e. The van der Waals surface area contributed by atoms with Crippen LogP contribution in [0.3, 0.4) is 0 Å². The fourth-order valence-corrected chi connectivity index (χ4v) is 5.90. The van der Waals surface area contributed by atoms with E-state index in [1.807, 2.05) is 32.9 Å². The molecule has 1 unspecified atom stereocenters. The lowest BCUT2D eigenvalue weighted by Gasteiger charge is -2.32. The molecule has 9 heteroatoms. The SMILES string of the molecule is CCCCNC(=O)C(C)N(Cc1cccc(Cl)c1)C(=O)CN(c1cccc(C)c1C)S(=O)(=O)c1ccccc1. The van der Waals surface area contributed by atoms with Gasteiger partial charge in [-0.2, -0.15) is 0 Å². The molecule has 7 nitrogen and oxygen atoms in total. The molecule has 0 radical (unpaired) electrons. The molecule has 2 amide bonds. The van der Waals surface area contributed by atoms with E-state index in [-0.39, 0.29) is 17.3 Å². The lowest BCUT2D eigenvalue weighted by molar-refractivity contribution is -0.139. The predicted octanol–water partition coefficient (Wildman–Crippen LogP) is 5.49. The van der Waals surface area contributed by atoms with Crippen LogP contribution in [0.5, 0.6) is 0 Å². The standard InChI is InChI=1S/C30H36ClN3O4S/c1-5-6-18-32-30(36)24(4)33(20-25-13-11-14-26(31)19-25)29(35)21-34(28-17-10-12-22(2)23(28)3)39(37,38)27-15-8-7-9-16-27/h7-17,19,24H,5-6,18,20-21H2,1-4H3,(H,32,36). The summed E-state index contributed by atoms with van der Waals surface area (Å²) >= 11 is 6.19. The number of anilines is 1. The summed E-state index contributed by atoms with van der Waals surface area (Å²) in [5.74, 6) is -0.809. The molecule has 0 aliphatic carbocycles. The molecule has 39 heavy (non-hydrogen) atoms. The van der Waals surface area contributed by atoms with E-state index in [4.69, 9.17) is 11.6 Å². The summed E-state index contributed by atoms with van der Waals surface area (Å²) in [7, 11) is -4.10. The van der Waals surface area contributed by atoms with Gasteiger partial charge >= 0.3 is 0 Å². The second-order valence-corrected chi connectivity index (χ2v) is 11.8. The summed E-state index contributed by atoms with van der Waals surface area (Å²) in [6, 6.07) is 19.6. The average molecular weight is 570 g/mol. The molecule has 1 atom stereocenters. The van der Waals surface area contributed by atoms with Gasteiger partial charge in [-0.1, -0.05) is 67.4 Å².